The van der Waals surface area contributed by atoms with Crippen LogP contribution in [-0.2, 0) is 0 Å². The van der Waals surface area contributed by atoms with Gasteiger partial charge in [0, 0.05) is 4.32 Å². The van der Waals surface area contributed by atoms with Crippen molar-refractivity contribution >= 4 is 27.5 Å². The van der Waals surface area contributed by atoms with Crippen molar-refractivity contribution in [2.24, 2.45) is 0 Å². The molecule has 0 aromatic carbocycles. The molecular weight excluding hydrogens is 328 g/mol. The Morgan fingerprint density at radius 1 is 1.47 bits per heavy atom. The van der Waals surface area contributed by atoms with Crippen molar-refractivity contribution in [3.05, 3.63) is 24.3 Å². The quantitative estimate of drug-likeness (QED) is 0.582. The Bertz CT molecular complexity index is 367. The van der Waals surface area contributed by atoms with E-state index in [9.17, 15) is 10.2 Å². The number of hydrogen-bond acceptors (Lipinski definition) is 2. The minimum Gasteiger partial charge on any atom is -0.389 e. The second kappa shape index (κ2) is 6.30. The van der Waals surface area contributed by atoms with Gasteiger partial charge < -0.3 is 10.2 Å². The van der Waals surface area contributed by atoms with Crippen LogP contribution in [0, 0.1) is 0 Å². The zero-order chi connectivity index (χ0) is 14.8. The molecule has 1 aliphatic carbocycles. The molecule has 0 bridgehead atoms. The summed E-state index contributed by atoms with van der Waals surface area (Å²) in [6.45, 7) is 11.6. The fourth-order valence-electron chi connectivity index (χ4n) is 2.33. The summed E-state index contributed by atoms with van der Waals surface area (Å²) in [5, 5.41) is 20.3. The Hall–Kier alpha value is 0.170. The van der Waals surface area contributed by atoms with E-state index in [1.807, 2.05) is 0 Å². The average Bonchev–Trinajstić information content (AvgIpc) is 2.31. The molecular formula is C15H24BrClO2. The highest BCUT2D eigenvalue weighted by Gasteiger charge is 2.45. The van der Waals surface area contributed by atoms with Crippen LogP contribution in [0.25, 0.3) is 0 Å². The lowest BCUT2D eigenvalue weighted by Crippen LogP contribution is -2.46. The molecule has 0 spiro atoms. The second-order valence-electron chi connectivity index (χ2n) is 5.99. The van der Waals surface area contributed by atoms with Crippen LogP contribution in [0.2, 0.25) is 0 Å². The highest BCUT2D eigenvalue weighted by atomic mass is 79.9. The Balaban J connectivity index is 2.59. The van der Waals surface area contributed by atoms with Gasteiger partial charge in [0.1, 0.15) is 0 Å². The molecule has 0 heterocycles. The van der Waals surface area contributed by atoms with E-state index in [1.165, 1.54) is 0 Å². The van der Waals surface area contributed by atoms with Gasteiger partial charge >= 0.3 is 0 Å². The molecule has 1 rings (SSSR count). The van der Waals surface area contributed by atoms with Crippen LogP contribution in [-0.4, -0.2) is 31.6 Å². The summed E-state index contributed by atoms with van der Waals surface area (Å²) < 4.78 is -0.127. The number of rotatable bonds is 5. The standard InChI is InChI=1S/C15H24BrClO2/c1-10(2)12(18)6-5-11(3)15(19)8-7-14(4,16)13(17)9-15/h12-13,18-19H,1,3,5-9H2,2,4H3/t12?,13-,14-,15+/m0/s1. The maximum atomic E-state index is 10.7. The highest BCUT2D eigenvalue weighted by molar-refractivity contribution is 9.10. The largest absolute Gasteiger partial charge is 0.389 e. The summed E-state index contributed by atoms with van der Waals surface area (Å²) >= 11 is 9.95. The molecule has 0 radical (unpaired) electrons. The van der Waals surface area contributed by atoms with E-state index in [2.05, 4.69) is 36.0 Å². The molecule has 1 unspecified atom stereocenters. The molecule has 2 N–H and O–H groups in total. The van der Waals surface area contributed by atoms with Gasteiger partial charge in [0.2, 0.25) is 0 Å². The zero-order valence-electron chi connectivity index (χ0n) is 11.8. The van der Waals surface area contributed by atoms with Crippen LogP contribution in [0.5, 0.6) is 0 Å². The summed E-state index contributed by atoms with van der Waals surface area (Å²) in [5.74, 6) is 0. The summed E-state index contributed by atoms with van der Waals surface area (Å²) in [4.78, 5) is 0. The van der Waals surface area contributed by atoms with Crippen LogP contribution in [0.4, 0.5) is 0 Å². The smallest absolute Gasteiger partial charge is 0.0869 e. The lowest BCUT2D eigenvalue weighted by molar-refractivity contribution is 0.0306. The molecule has 1 fully saturated rings. The van der Waals surface area contributed by atoms with Crippen molar-refractivity contribution in [2.45, 2.75) is 67.4 Å². The van der Waals surface area contributed by atoms with E-state index in [-0.39, 0.29) is 9.70 Å². The molecule has 0 aromatic heterocycles. The van der Waals surface area contributed by atoms with E-state index in [0.29, 0.717) is 25.7 Å². The highest BCUT2D eigenvalue weighted by Crippen LogP contribution is 2.46. The first kappa shape index (κ1) is 17.2. The molecule has 1 saturated carbocycles. The summed E-state index contributed by atoms with van der Waals surface area (Å²) in [5.41, 5.74) is 0.599. The van der Waals surface area contributed by atoms with E-state index < -0.39 is 11.7 Å². The van der Waals surface area contributed by atoms with Crippen LogP contribution >= 0.6 is 27.5 Å². The summed E-state index contributed by atoms with van der Waals surface area (Å²) in [6, 6.07) is 0. The molecule has 0 aliphatic heterocycles. The van der Waals surface area contributed by atoms with Gasteiger partial charge in [-0.1, -0.05) is 34.7 Å². The predicted octanol–water partition coefficient (Wildman–Crippen LogP) is 3.94. The van der Waals surface area contributed by atoms with Crippen molar-refractivity contribution in [1.29, 1.82) is 0 Å². The Morgan fingerprint density at radius 3 is 2.53 bits per heavy atom. The van der Waals surface area contributed by atoms with E-state index in [4.69, 9.17) is 11.6 Å². The minimum absolute atomic E-state index is 0.127. The fraction of sp³-hybridized carbons (Fsp3) is 0.733. The van der Waals surface area contributed by atoms with Crippen molar-refractivity contribution < 1.29 is 10.2 Å². The van der Waals surface area contributed by atoms with Gasteiger partial charge in [0.15, 0.2) is 0 Å². The van der Waals surface area contributed by atoms with Gasteiger partial charge in [0.05, 0.1) is 17.1 Å². The minimum atomic E-state index is -0.908. The molecule has 4 heteroatoms. The third-order valence-corrected chi connectivity index (χ3v) is 5.99. The maximum Gasteiger partial charge on any atom is 0.0869 e. The van der Waals surface area contributed by atoms with Gasteiger partial charge in [-0.3, -0.25) is 0 Å². The summed E-state index contributed by atoms with van der Waals surface area (Å²) in [7, 11) is 0. The first-order valence-corrected chi connectivity index (χ1v) is 7.88. The SMILES string of the molecule is C=C(C)C(O)CCC(=C)[C@@]1(O)CC[C@](C)(Br)[C@@H](Cl)C1. The first-order valence-electron chi connectivity index (χ1n) is 6.65. The normalized spacial score (nSPS) is 36.8. The van der Waals surface area contributed by atoms with E-state index in [1.54, 1.807) is 6.92 Å². The van der Waals surface area contributed by atoms with Gasteiger partial charge in [-0.15, -0.1) is 11.6 Å². The second-order valence-corrected chi connectivity index (χ2v) is 8.32. The summed E-state index contributed by atoms with van der Waals surface area (Å²) in [6.07, 6.45) is 2.57. The topological polar surface area (TPSA) is 40.5 Å². The van der Waals surface area contributed by atoms with Gasteiger partial charge in [-0.2, -0.15) is 0 Å². The number of halogens is 2. The predicted molar refractivity (Wildman–Crippen MR) is 85.0 cm³/mol. The van der Waals surface area contributed by atoms with Crippen LogP contribution in [0.15, 0.2) is 24.3 Å². The van der Waals surface area contributed by atoms with Crippen molar-refractivity contribution in [3.8, 4) is 0 Å². The molecule has 0 aromatic rings. The van der Waals surface area contributed by atoms with E-state index >= 15 is 0 Å². The third-order valence-electron chi connectivity index (χ3n) is 4.14. The lowest BCUT2D eigenvalue weighted by atomic mass is 9.74. The Labute approximate surface area is 129 Å². The Morgan fingerprint density at radius 2 is 2.05 bits per heavy atom. The van der Waals surface area contributed by atoms with Crippen molar-refractivity contribution in [1.82, 2.24) is 0 Å². The van der Waals surface area contributed by atoms with Gasteiger partial charge in [-0.25, -0.2) is 0 Å². The number of alkyl halides is 2. The molecule has 0 saturated heterocycles. The Kier molecular flexibility index (Phi) is 5.71. The van der Waals surface area contributed by atoms with Gasteiger partial charge in [-0.05, 0) is 51.5 Å². The molecule has 0 amide bonds. The monoisotopic (exact) mass is 350 g/mol. The number of aliphatic hydroxyl groups is 2. The van der Waals surface area contributed by atoms with Crippen LogP contribution in [0.3, 0.4) is 0 Å². The van der Waals surface area contributed by atoms with Crippen LogP contribution in [0.1, 0.15) is 46.0 Å². The maximum absolute atomic E-state index is 10.7. The first-order chi connectivity index (χ1) is 8.58. The van der Waals surface area contributed by atoms with Crippen molar-refractivity contribution in [3.63, 3.8) is 0 Å². The van der Waals surface area contributed by atoms with Crippen LogP contribution < -0.4 is 0 Å². The van der Waals surface area contributed by atoms with Crippen molar-refractivity contribution in [2.75, 3.05) is 0 Å². The van der Waals surface area contributed by atoms with E-state index in [0.717, 1.165) is 17.6 Å². The number of aliphatic hydroxyl groups excluding tert-OH is 1. The molecule has 19 heavy (non-hydrogen) atoms. The van der Waals surface area contributed by atoms with Gasteiger partial charge in [0.25, 0.3) is 0 Å². The fourth-order valence-corrected chi connectivity index (χ4v) is 3.05. The molecule has 1 aliphatic rings. The zero-order valence-corrected chi connectivity index (χ0v) is 14.1. The number of hydrogen-bond donors (Lipinski definition) is 2. The lowest BCUT2D eigenvalue weighted by Gasteiger charge is -2.43. The molecule has 2 nitrogen and oxygen atoms in total. The average molecular weight is 352 g/mol. The molecule has 4 atom stereocenters. The molecule has 110 valence electrons. The third kappa shape index (κ3) is 4.32.